The number of carbonyl (C=O) groups is 2. The van der Waals surface area contributed by atoms with Gasteiger partial charge in [0.05, 0.1) is 18.1 Å². The van der Waals surface area contributed by atoms with Crippen LogP contribution in [0, 0.1) is 5.92 Å². The van der Waals surface area contributed by atoms with Crippen molar-refractivity contribution in [1.29, 1.82) is 0 Å². The summed E-state index contributed by atoms with van der Waals surface area (Å²) in [6.45, 7) is 0.375. The number of carboxylic acid groups (broad SMARTS) is 1. The van der Waals surface area contributed by atoms with E-state index in [9.17, 15) is 18.0 Å². The van der Waals surface area contributed by atoms with E-state index in [4.69, 9.17) is 5.11 Å². The lowest BCUT2D eigenvalue weighted by atomic mass is 9.86. The molecule has 0 unspecified atom stereocenters. The van der Waals surface area contributed by atoms with Crippen molar-refractivity contribution in [3.05, 3.63) is 23.8 Å². The van der Waals surface area contributed by atoms with E-state index in [1.165, 1.54) is 0 Å². The van der Waals surface area contributed by atoms with Crippen LogP contribution in [0.4, 0.5) is 0 Å². The van der Waals surface area contributed by atoms with Crippen LogP contribution in [-0.4, -0.2) is 54.2 Å². The molecular weight excluding hydrogens is 324 g/mol. The van der Waals surface area contributed by atoms with Crippen LogP contribution in [-0.2, 0) is 10.0 Å². The molecule has 1 aliphatic rings. The van der Waals surface area contributed by atoms with E-state index in [1.807, 2.05) is 0 Å². The Morgan fingerprint density at radius 1 is 1.22 bits per heavy atom. The summed E-state index contributed by atoms with van der Waals surface area (Å²) in [5.41, 5.74) is -0.348. The minimum absolute atomic E-state index is 0.0683. The number of carboxylic acids is 1. The topological polar surface area (TPSA) is 138 Å². The molecule has 1 saturated carbocycles. The molecule has 2 rings (SSSR count). The quantitative estimate of drug-likeness (QED) is 0.585. The predicted octanol–water partition coefficient (Wildman–Crippen LogP) is -0.376. The van der Waals surface area contributed by atoms with Crippen molar-refractivity contribution in [3.8, 4) is 0 Å². The van der Waals surface area contributed by atoms with Crippen LogP contribution in [0.5, 0.6) is 0 Å². The van der Waals surface area contributed by atoms with Crippen LogP contribution in [0.2, 0.25) is 0 Å². The molecule has 0 aliphatic heterocycles. The number of rotatable bonds is 8. The molecule has 1 aromatic rings. The first-order chi connectivity index (χ1) is 10.9. The van der Waals surface area contributed by atoms with Crippen LogP contribution in [0.15, 0.2) is 12.4 Å². The molecule has 1 amide bonds. The number of aromatic carboxylic acids is 1. The fourth-order valence-corrected chi connectivity index (χ4v) is 2.96. The lowest BCUT2D eigenvalue weighted by molar-refractivity contribution is 0.0689. The highest BCUT2D eigenvalue weighted by atomic mass is 32.2. The number of hydrogen-bond acceptors (Lipinski definition) is 6. The third kappa shape index (κ3) is 5.25. The van der Waals surface area contributed by atoms with Gasteiger partial charge in [0, 0.05) is 13.1 Å². The Bertz CT molecular complexity index is 670. The Labute approximate surface area is 133 Å². The van der Waals surface area contributed by atoms with Crippen LogP contribution >= 0.6 is 0 Å². The molecule has 9 nitrogen and oxygen atoms in total. The number of hydrogen-bond donors (Lipinski definition) is 3. The maximum Gasteiger partial charge on any atom is 0.356 e. The van der Waals surface area contributed by atoms with Crippen LogP contribution in [0.1, 0.15) is 40.2 Å². The number of amides is 1. The summed E-state index contributed by atoms with van der Waals surface area (Å²) in [6.07, 6.45) is 5.23. The molecule has 3 N–H and O–H groups in total. The molecule has 0 saturated heterocycles. The Morgan fingerprint density at radius 2 is 1.87 bits per heavy atom. The minimum atomic E-state index is -3.43. The fourth-order valence-electron chi connectivity index (χ4n) is 1.96. The molecule has 0 radical (unpaired) electrons. The summed E-state index contributed by atoms with van der Waals surface area (Å²) in [4.78, 5) is 29.6. The van der Waals surface area contributed by atoms with Crippen molar-refractivity contribution in [3.63, 3.8) is 0 Å². The van der Waals surface area contributed by atoms with Crippen LogP contribution in [0.25, 0.3) is 0 Å². The molecule has 23 heavy (non-hydrogen) atoms. The van der Waals surface area contributed by atoms with E-state index >= 15 is 0 Å². The molecule has 0 bridgehead atoms. The highest BCUT2D eigenvalue weighted by Gasteiger charge is 2.20. The Morgan fingerprint density at radius 3 is 2.39 bits per heavy atom. The summed E-state index contributed by atoms with van der Waals surface area (Å²) in [7, 11) is -3.43. The average Bonchev–Trinajstić information content (AvgIpc) is 2.45. The normalized spacial score (nSPS) is 15.0. The van der Waals surface area contributed by atoms with Crippen molar-refractivity contribution < 1.29 is 23.1 Å². The van der Waals surface area contributed by atoms with E-state index in [2.05, 4.69) is 20.0 Å². The van der Waals surface area contributed by atoms with Gasteiger partial charge in [0.25, 0.3) is 5.91 Å². The summed E-state index contributed by atoms with van der Waals surface area (Å²) >= 11 is 0. The lowest BCUT2D eigenvalue weighted by Gasteiger charge is -2.25. The lowest BCUT2D eigenvalue weighted by Crippen LogP contribution is -2.37. The van der Waals surface area contributed by atoms with Crippen molar-refractivity contribution in [2.75, 3.05) is 18.8 Å². The zero-order chi connectivity index (χ0) is 16.9. The van der Waals surface area contributed by atoms with Crippen LogP contribution < -0.4 is 10.0 Å². The number of sulfonamides is 1. The van der Waals surface area contributed by atoms with Gasteiger partial charge in [0.1, 0.15) is 5.69 Å². The first kappa shape index (κ1) is 17.3. The summed E-state index contributed by atoms with van der Waals surface area (Å²) in [6, 6.07) is 0. The van der Waals surface area contributed by atoms with Crippen molar-refractivity contribution in [1.82, 2.24) is 20.0 Å². The monoisotopic (exact) mass is 342 g/mol. The summed E-state index contributed by atoms with van der Waals surface area (Å²) < 4.78 is 26.0. The molecule has 10 heteroatoms. The Balaban J connectivity index is 1.75. The third-order valence-electron chi connectivity index (χ3n) is 3.58. The molecule has 0 spiro atoms. The molecular formula is C13H18N4O5S. The second-order valence-corrected chi connectivity index (χ2v) is 7.24. The zero-order valence-corrected chi connectivity index (χ0v) is 13.2. The van der Waals surface area contributed by atoms with Gasteiger partial charge in [-0.15, -0.1) is 0 Å². The van der Waals surface area contributed by atoms with Gasteiger partial charge in [-0.3, -0.25) is 4.79 Å². The van der Waals surface area contributed by atoms with Crippen LogP contribution in [0.3, 0.4) is 0 Å². The summed E-state index contributed by atoms with van der Waals surface area (Å²) in [5.74, 6) is -1.66. The van der Waals surface area contributed by atoms with E-state index in [-0.39, 0.29) is 23.7 Å². The van der Waals surface area contributed by atoms with Gasteiger partial charge in [0.2, 0.25) is 10.0 Å². The average molecular weight is 342 g/mol. The van der Waals surface area contributed by atoms with E-state index in [0.717, 1.165) is 31.7 Å². The molecule has 1 aliphatic carbocycles. The van der Waals surface area contributed by atoms with Gasteiger partial charge >= 0.3 is 5.97 Å². The van der Waals surface area contributed by atoms with Gasteiger partial charge in [0.15, 0.2) is 5.69 Å². The van der Waals surface area contributed by atoms with Crippen molar-refractivity contribution in [2.24, 2.45) is 5.92 Å². The molecule has 1 fully saturated rings. The highest BCUT2D eigenvalue weighted by molar-refractivity contribution is 7.89. The molecule has 0 atom stereocenters. The maximum atomic E-state index is 11.8. The van der Waals surface area contributed by atoms with Gasteiger partial charge < -0.3 is 10.4 Å². The van der Waals surface area contributed by atoms with Gasteiger partial charge in [-0.25, -0.2) is 27.9 Å². The van der Waals surface area contributed by atoms with Gasteiger partial charge in [-0.1, -0.05) is 6.42 Å². The highest BCUT2D eigenvalue weighted by Crippen LogP contribution is 2.25. The number of aromatic nitrogens is 2. The van der Waals surface area contributed by atoms with E-state index in [0.29, 0.717) is 12.5 Å². The second kappa shape index (κ2) is 7.47. The second-order valence-electron chi connectivity index (χ2n) is 5.31. The number of carbonyl (C=O) groups excluding carboxylic acids is 1. The number of nitrogens with one attached hydrogen (secondary N) is 2. The standard InChI is InChI=1S/C13H18N4O5S/c18-12(10-7-16-11(8-15-10)13(19)20)14-4-5-23(21,22)17-6-9-2-1-3-9/h7-9,17H,1-6H2,(H,14,18)(H,19,20). The van der Waals surface area contributed by atoms with Gasteiger partial charge in [-0.2, -0.15) is 0 Å². The van der Waals surface area contributed by atoms with Crippen molar-refractivity contribution in [2.45, 2.75) is 19.3 Å². The first-order valence-electron chi connectivity index (χ1n) is 7.18. The maximum absolute atomic E-state index is 11.8. The molecule has 1 aromatic heterocycles. The largest absolute Gasteiger partial charge is 0.476 e. The number of nitrogens with zero attached hydrogens (tertiary/aromatic N) is 2. The Hall–Kier alpha value is -2.07. The predicted molar refractivity (Wildman–Crippen MR) is 80.5 cm³/mol. The molecule has 1 heterocycles. The first-order valence-corrected chi connectivity index (χ1v) is 8.83. The van der Waals surface area contributed by atoms with E-state index in [1.54, 1.807) is 0 Å². The minimum Gasteiger partial charge on any atom is -0.476 e. The smallest absolute Gasteiger partial charge is 0.356 e. The molecule has 0 aromatic carbocycles. The fraction of sp³-hybridized carbons (Fsp3) is 0.538. The zero-order valence-electron chi connectivity index (χ0n) is 12.4. The SMILES string of the molecule is O=C(O)c1cnc(C(=O)NCCS(=O)(=O)NCC2CCC2)cn1. The van der Waals surface area contributed by atoms with Crippen molar-refractivity contribution >= 4 is 21.9 Å². The third-order valence-corrected chi connectivity index (χ3v) is 4.92. The van der Waals surface area contributed by atoms with Gasteiger partial charge in [-0.05, 0) is 18.8 Å². The van der Waals surface area contributed by atoms with E-state index < -0.39 is 21.9 Å². The Kier molecular flexibility index (Phi) is 5.61. The molecule has 126 valence electrons. The summed E-state index contributed by atoms with van der Waals surface area (Å²) in [5, 5.41) is 11.1.